The van der Waals surface area contributed by atoms with E-state index in [1.165, 1.54) is 0 Å². The van der Waals surface area contributed by atoms with Gasteiger partial charge < -0.3 is 10.3 Å². The smallest absolute Gasteiger partial charge is 0.294 e. The van der Waals surface area contributed by atoms with Crippen LogP contribution in [-0.4, -0.2) is 25.5 Å². The van der Waals surface area contributed by atoms with Crippen LogP contribution in [0.25, 0.3) is 16.7 Å². The second-order valence-corrected chi connectivity index (χ2v) is 6.96. The molecule has 0 atom stereocenters. The SMILES string of the molecule is CCCc1nnc2c(=O)[nH]c3cc(C(=O)NCc4ccc(Cl)cc4)ccc3n12. The number of aryl methyl sites for hydroxylation is 1. The van der Waals surface area contributed by atoms with Gasteiger partial charge in [-0.3, -0.25) is 14.0 Å². The molecule has 0 saturated carbocycles. The molecule has 0 aliphatic rings. The molecule has 2 heterocycles. The third-order valence-corrected chi connectivity index (χ3v) is 4.77. The van der Waals surface area contributed by atoms with Crippen LogP contribution in [0.15, 0.2) is 47.3 Å². The highest BCUT2D eigenvalue weighted by atomic mass is 35.5. The van der Waals surface area contributed by atoms with E-state index < -0.39 is 0 Å². The van der Waals surface area contributed by atoms with E-state index in [0.29, 0.717) is 29.1 Å². The fourth-order valence-corrected chi connectivity index (χ4v) is 3.27. The molecule has 7 nitrogen and oxygen atoms in total. The van der Waals surface area contributed by atoms with Gasteiger partial charge in [-0.1, -0.05) is 30.7 Å². The largest absolute Gasteiger partial charge is 0.348 e. The highest BCUT2D eigenvalue weighted by Gasteiger charge is 2.14. The molecule has 0 bridgehead atoms. The molecule has 1 amide bonds. The van der Waals surface area contributed by atoms with E-state index in [4.69, 9.17) is 11.6 Å². The molecule has 0 aliphatic carbocycles. The Hall–Kier alpha value is -3.19. The number of fused-ring (bicyclic) bond motifs is 3. The lowest BCUT2D eigenvalue weighted by Crippen LogP contribution is -2.23. The van der Waals surface area contributed by atoms with Gasteiger partial charge in [-0.2, -0.15) is 0 Å². The lowest BCUT2D eigenvalue weighted by Gasteiger charge is -2.08. The van der Waals surface area contributed by atoms with E-state index >= 15 is 0 Å². The van der Waals surface area contributed by atoms with Crippen molar-refractivity contribution in [1.82, 2.24) is 24.9 Å². The highest BCUT2D eigenvalue weighted by molar-refractivity contribution is 6.30. The third-order valence-electron chi connectivity index (χ3n) is 4.52. The summed E-state index contributed by atoms with van der Waals surface area (Å²) < 4.78 is 1.76. The molecule has 0 radical (unpaired) electrons. The summed E-state index contributed by atoms with van der Waals surface area (Å²) in [5, 5.41) is 11.6. The summed E-state index contributed by atoms with van der Waals surface area (Å²) in [6, 6.07) is 12.5. The average Bonchev–Trinajstić information content (AvgIpc) is 3.12. The molecule has 2 aromatic carbocycles. The van der Waals surface area contributed by atoms with Gasteiger partial charge in [0, 0.05) is 23.6 Å². The minimum atomic E-state index is -0.332. The summed E-state index contributed by atoms with van der Waals surface area (Å²) in [4.78, 5) is 27.7. The van der Waals surface area contributed by atoms with Crippen molar-refractivity contribution in [2.75, 3.05) is 0 Å². The Kier molecular flexibility index (Phi) is 4.83. The van der Waals surface area contributed by atoms with Crippen molar-refractivity contribution in [3.63, 3.8) is 0 Å². The second kappa shape index (κ2) is 7.44. The van der Waals surface area contributed by atoms with Crippen LogP contribution in [0.5, 0.6) is 0 Å². The zero-order chi connectivity index (χ0) is 19.7. The van der Waals surface area contributed by atoms with Gasteiger partial charge in [-0.25, -0.2) is 0 Å². The molecule has 0 spiro atoms. The van der Waals surface area contributed by atoms with Crippen LogP contribution in [0.2, 0.25) is 5.02 Å². The predicted molar refractivity (Wildman–Crippen MR) is 108 cm³/mol. The molecular weight excluding hydrogens is 378 g/mol. The number of hydrogen-bond donors (Lipinski definition) is 2. The second-order valence-electron chi connectivity index (χ2n) is 6.52. The third kappa shape index (κ3) is 3.36. The molecule has 2 N–H and O–H groups in total. The van der Waals surface area contributed by atoms with E-state index in [0.717, 1.165) is 23.3 Å². The number of halogens is 1. The molecule has 4 aromatic rings. The first-order valence-corrected chi connectivity index (χ1v) is 9.37. The Morgan fingerprint density at radius 3 is 2.71 bits per heavy atom. The summed E-state index contributed by atoms with van der Waals surface area (Å²) in [7, 11) is 0. The summed E-state index contributed by atoms with van der Waals surface area (Å²) in [5.41, 5.74) is 2.66. The number of amides is 1. The van der Waals surface area contributed by atoms with Crippen molar-refractivity contribution >= 4 is 34.2 Å². The lowest BCUT2D eigenvalue weighted by molar-refractivity contribution is 0.0951. The fourth-order valence-electron chi connectivity index (χ4n) is 3.14. The van der Waals surface area contributed by atoms with Crippen LogP contribution in [0.4, 0.5) is 0 Å². The van der Waals surface area contributed by atoms with Crippen molar-refractivity contribution < 1.29 is 4.79 Å². The van der Waals surface area contributed by atoms with Crippen molar-refractivity contribution in [1.29, 1.82) is 0 Å². The van der Waals surface area contributed by atoms with E-state index in [2.05, 4.69) is 20.5 Å². The van der Waals surface area contributed by atoms with Crippen molar-refractivity contribution in [2.24, 2.45) is 0 Å². The number of nitrogens with zero attached hydrogens (tertiary/aromatic N) is 3. The minimum Gasteiger partial charge on any atom is -0.348 e. The average molecular weight is 396 g/mol. The van der Waals surface area contributed by atoms with Crippen molar-refractivity contribution in [3.05, 3.63) is 74.8 Å². The lowest BCUT2D eigenvalue weighted by atomic mass is 10.1. The van der Waals surface area contributed by atoms with Crippen molar-refractivity contribution in [2.45, 2.75) is 26.3 Å². The predicted octanol–water partition coefficient (Wildman–Crippen LogP) is 3.11. The summed E-state index contributed by atoms with van der Waals surface area (Å²) in [5.74, 6) is 0.504. The minimum absolute atomic E-state index is 0.227. The number of aromatic amines is 1. The van der Waals surface area contributed by atoms with Crippen molar-refractivity contribution in [3.8, 4) is 0 Å². The molecule has 0 unspecified atom stereocenters. The van der Waals surface area contributed by atoms with Gasteiger partial charge in [-0.15, -0.1) is 10.2 Å². The standard InChI is InChI=1S/C20H18ClN5O2/c1-2-3-17-24-25-18-20(28)23-15-10-13(6-9-16(15)26(17)18)19(27)22-11-12-4-7-14(21)8-5-12/h4-10H,2-3,11H2,1H3,(H,22,27)(H,23,28). The normalized spacial score (nSPS) is 11.2. The first-order valence-electron chi connectivity index (χ1n) is 8.99. The van der Waals surface area contributed by atoms with E-state index in [1.807, 2.05) is 19.1 Å². The summed E-state index contributed by atoms with van der Waals surface area (Å²) in [6.07, 6.45) is 1.60. The number of benzene rings is 2. The summed E-state index contributed by atoms with van der Waals surface area (Å²) >= 11 is 5.88. The first kappa shape index (κ1) is 18.2. The van der Waals surface area contributed by atoms with E-state index in [9.17, 15) is 9.59 Å². The first-order chi connectivity index (χ1) is 13.6. The van der Waals surface area contributed by atoms with Crippen LogP contribution in [0, 0.1) is 0 Å². The monoisotopic (exact) mass is 395 g/mol. The van der Waals surface area contributed by atoms with Crippen LogP contribution < -0.4 is 10.9 Å². The molecular formula is C20H18ClN5O2. The Morgan fingerprint density at radius 1 is 1.18 bits per heavy atom. The number of carbonyl (C=O) groups is 1. The Labute approximate surface area is 165 Å². The number of hydrogen-bond acceptors (Lipinski definition) is 4. The molecule has 8 heteroatoms. The number of carbonyl (C=O) groups excluding carboxylic acids is 1. The topological polar surface area (TPSA) is 92.2 Å². The van der Waals surface area contributed by atoms with Crippen LogP contribution in [0.3, 0.4) is 0 Å². The maximum atomic E-state index is 12.5. The van der Waals surface area contributed by atoms with Gasteiger partial charge in [0.15, 0.2) is 0 Å². The molecule has 4 rings (SSSR count). The molecule has 0 fully saturated rings. The molecule has 2 aromatic heterocycles. The van der Waals surface area contributed by atoms with Gasteiger partial charge in [0.2, 0.25) is 5.65 Å². The van der Waals surface area contributed by atoms with Crippen LogP contribution in [-0.2, 0) is 13.0 Å². The molecule has 0 saturated heterocycles. The zero-order valence-electron chi connectivity index (χ0n) is 15.2. The van der Waals surface area contributed by atoms with Gasteiger partial charge >= 0.3 is 0 Å². The van der Waals surface area contributed by atoms with Gasteiger partial charge in [0.25, 0.3) is 11.5 Å². The number of aromatic nitrogens is 4. The van der Waals surface area contributed by atoms with Gasteiger partial charge in [0.1, 0.15) is 5.82 Å². The molecule has 0 aliphatic heterocycles. The van der Waals surface area contributed by atoms with Gasteiger partial charge in [-0.05, 0) is 42.3 Å². The Morgan fingerprint density at radius 2 is 1.96 bits per heavy atom. The molecule has 142 valence electrons. The Bertz CT molecular complexity index is 1230. The number of nitrogens with one attached hydrogen (secondary N) is 2. The Balaban J connectivity index is 1.66. The van der Waals surface area contributed by atoms with E-state index in [1.54, 1.807) is 34.7 Å². The molecule has 28 heavy (non-hydrogen) atoms. The quantitative estimate of drug-likeness (QED) is 0.543. The number of rotatable bonds is 5. The van der Waals surface area contributed by atoms with E-state index in [-0.39, 0.29) is 17.1 Å². The number of H-pyrrole nitrogens is 1. The zero-order valence-corrected chi connectivity index (χ0v) is 16.0. The maximum absolute atomic E-state index is 12.5. The van der Waals surface area contributed by atoms with Gasteiger partial charge in [0.05, 0.1) is 11.0 Å². The maximum Gasteiger partial charge on any atom is 0.294 e. The van der Waals surface area contributed by atoms with Crippen LogP contribution >= 0.6 is 11.6 Å². The fraction of sp³-hybridized carbons (Fsp3) is 0.200. The summed E-state index contributed by atoms with van der Waals surface area (Å²) in [6.45, 7) is 2.43. The van der Waals surface area contributed by atoms with Crippen LogP contribution in [0.1, 0.15) is 35.1 Å². The highest BCUT2D eigenvalue weighted by Crippen LogP contribution is 2.16.